The number of phosphoric ester groups is 2. The van der Waals surface area contributed by atoms with Gasteiger partial charge in [-0.25, -0.2) is 9.13 Å². The van der Waals surface area contributed by atoms with Crippen LogP contribution in [0.1, 0.15) is 440 Å². The highest BCUT2D eigenvalue weighted by Crippen LogP contribution is 2.45. The van der Waals surface area contributed by atoms with Gasteiger partial charge in [-0.05, 0) is 43.4 Å². The van der Waals surface area contributed by atoms with Gasteiger partial charge >= 0.3 is 39.5 Å². The summed E-state index contributed by atoms with van der Waals surface area (Å²) in [6.45, 7) is 12.0. The maximum atomic E-state index is 13.1. The average Bonchev–Trinajstić information content (AvgIpc) is 0.976. The Morgan fingerprint density at radius 3 is 0.738 bits per heavy atom. The predicted molar refractivity (Wildman–Crippen MR) is 423 cm³/mol. The Bertz CT molecular complexity index is 1990. The third-order valence-electron chi connectivity index (χ3n) is 20.0. The Morgan fingerprint density at radius 1 is 0.282 bits per heavy atom. The number of hydrogen-bond donors (Lipinski definition) is 3. The molecule has 0 radical (unpaired) electrons. The maximum absolute atomic E-state index is 13.1. The minimum absolute atomic E-state index is 0.107. The third kappa shape index (κ3) is 76.6. The largest absolute Gasteiger partial charge is 0.472 e. The van der Waals surface area contributed by atoms with E-state index in [1.807, 2.05) is 0 Å². The van der Waals surface area contributed by atoms with Crippen molar-refractivity contribution in [1.82, 2.24) is 0 Å². The SMILES string of the molecule is CCCCCCCCCCCCCCC(=O)O[C@H](COC(=O)CCCCCCCCCCC(C)C)COP(=O)(O)OC[C@H](O)COP(=O)(O)OC[C@@H](COC(=O)CCCCCCCCCCCCCCCCCC(C)C)OC(=O)CCCCCCCCCCCCCCCCCCCCC(C)CC. The van der Waals surface area contributed by atoms with E-state index >= 15 is 0 Å². The minimum Gasteiger partial charge on any atom is -0.462 e. The third-order valence-corrected chi connectivity index (χ3v) is 21.9. The van der Waals surface area contributed by atoms with Crippen LogP contribution in [0.3, 0.4) is 0 Å². The fraction of sp³-hybridized carbons (Fsp3) is 0.952. The number of aliphatic hydroxyl groups is 1. The fourth-order valence-electron chi connectivity index (χ4n) is 13.0. The van der Waals surface area contributed by atoms with E-state index < -0.39 is 97.5 Å². The normalized spacial score (nSPS) is 14.2. The highest BCUT2D eigenvalue weighted by Gasteiger charge is 2.30. The first-order valence-electron chi connectivity index (χ1n) is 43.4. The second kappa shape index (κ2) is 74.2. The van der Waals surface area contributed by atoms with Gasteiger partial charge in [0.1, 0.15) is 19.3 Å². The van der Waals surface area contributed by atoms with E-state index in [9.17, 15) is 43.2 Å². The quantitative estimate of drug-likeness (QED) is 0.0222. The van der Waals surface area contributed by atoms with Crippen LogP contribution < -0.4 is 0 Å². The van der Waals surface area contributed by atoms with Crippen molar-refractivity contribution in [2.75, 3.05) is 39.6 Å². The smallest absolute Gasteiger partial charge is 0.462 e. The summed E-state index contributed by atoms with van der Waals surface area (Å²) in [6.07, 6.45) is 63.8. The lowest BCUT2D eigenvalue weighted by Gasteiger charge is -2.21. The van der Waals surface area contributed by atoms with Gasteiger partial charge in [-0.1, -0.05) is 389 Å². The molecule has 103 heavy (non-hydrogen) atoms. The van der Waals surface area contributed by atoms with Crippen LogP contribution in [-0.2, 0) is 65.4 Å². The molecule has 0 bridgehead atoms. The van der Waals surface area contributed by atoms with Crippen molar-refractivity contribution in [3.05, 3.63) is 0 Å². The summed E-state index contributed by atoms with van der Waals surface area (Å²) in [5.41, 5.74) is 0. The van der Waals surface area contributed by atoms with Crippen molar-refractivity contribution in [2.45, 2.75) is 458 Å². The number of hydrogen-bond acceptors (Lipinski definition) is 15. The number of carbonyl (C=O) groups is 4. The van der Waals surface area contributed by atoms with Gasteiger partial charge in [0.2, 0.25) is 0 Å². The van der Waals surface area contributed by atoms with Crippen molar-refractivity contribution in [3.8, 4) is 0 Å². The summed E-state index contributed by atoms with van der Waals surface area (Å²) in [5, 5.41) is 10.7. The van der Waals surface area contributed by atoms with E-state index in [-0.39, 0.29) is 25.7 Å². The van der Waals surface area contributed by atoms with Gasteiger partial charge in [-0.2, -0.15) is 0 Å². The molecule has 6 atom stereocenters. The minimum atomic E-state index is -4.96. The van der Waals surface area contributed by atoms with Crippen LogP contribution in [0.4, 0.5) is 0 Å². The van der Waals surface area contributed by atoms with E-state index in [1.165, 1.54) is 250 Å². The molecular formula is C84H164O17P2. The molecule has 3 N–H and O–H groups in total. The van der Waals surface area contributed by atoms with Gasteiger partial charge in [0.05, 0.1) is 26.4 Å². The predicted octanol–water partition coefficient (Wildman–Crippen LogP) is 25.3. The fourth-order valence-corrected chi connectivity index (χ4v) is 14.6. The first-order chi connectivity index (χ1) is 49.8. The van der Waals surface area contributed by atoms with Crippen LogP contribution in [0.2, 0.25) is 0 Å². The Balaban J connectivity index is 5.22. The van der Waals surface area contributed by atoms with Crippen LogP contribution in [0.5, 0.6) is 0 Å². The second-order valence-electron chi connectivity index (χ2n) is 31.4. The number of esters is 4. The zero-order chi connectivity index (χ0) is 75.8. The summed E-state index contributed by atoms with van der Waals surface area (Å²) in [6, 6.07) is 0. The first-order valence-corrected chi connectivity index (χ1v) is 46.4. The molecular weight excluding hydrogens is 1340 g/mol. The van der Waals surface area contributed by atoms with Gasteiger partial charge in [0.15, 0.2) is 12.2 Å². The molecule has 3 unspecified atom stereocenters. The lowest BCUT2D eigenvalue weighted by atomic mass is 9.99. The zero-order valence-corrected chi connectivity index (χ0v) is 69.6. The molecule has 0 amide bonds. The molecule has 0 fully saturated rings. The van der Waals surface area contributed by atoms with Crippen molar-refractivity contribution in [1.29, 1.82) is 0 Å². The molecule has 0 heterocycles. The number of aliphatic hydroxyl groups excluding tert-OH is 1. The van der Waals surface area contributed by atoms with Gasteiger partial charge in [0, 0.05) is 25.7 Å². The summed E-state index contributed by atoms with van der Waals surface area (Å²) in [5.74, 6) is 0.297. The number of rotatable bonds is 82. The maximum Gasteiger partial charge on any atom is 0.472 e. The van der Waals surface area contributed by atoms with Crippen LogP contribution in [0.25, 0.3) is 0 Å². The Labute approximate surface area is 632 Å². The zero-order valence-electron chi connectivity index (χ0n) is 67.8. The standard InChI is InChI=1S/C84H164O17P2/c1-8-10-11-12-13-14-15-31-37-46-53-60-67-83(88)101-80(72-95-82(87)66-59-52-45-40-39-42-49-56-63-76(5)6)74-99-103(92,93)97-70-78(85)69-96-102(90,91)98-73-79(71-94-81(86)65-58-51-44-36-32-27-24-20-21-25-29-34-41-48-55-62-75(3)4)100-84(89)68-61-54-47-38-33-28-23-19-17-16-18-22-26-30-35-43-50-57-64-77(7)9-2/h75-80,85H,8-74H2,1-7H3,(H,90,91)(H,92,93)/t77?,78-,79-,80-/m1/s1. The van der Waals surface area contributed by atoms with Crippen molar-refractivity contribution in [2.24, 2.45) is 17.8 Å². The van der Waals surface area contributed by atoms with E-state index in [2.05, 4.69) is 48.5 Å². The summed E-state index contributed by atoms with van der Waals surface area (Å²) in [7, 11) is -9.92. The first kappa shape index (κ1) is 101. The highest BCUT2D eigenvalue weighted by atomic mass is 31.2. The van der Waals surface area contributed by atoms with E-state index in [0.717, 1.165) is 108 Å². The van der Waals surface area contributed by atoms with Gasteiger partial charge < -0.3 is 33.8 Å². The molecule has 0 aliphatic heterocycles. The second-order valence-corrected chi connectivity index (χ2v) is 34.3. The molecule has 0 aliphatic carbocycles. The van der Waals surface area contributed by atoms with Gasteiger partial charge in [-0.15, -0.1) is 0 Å². The topological polar surface area (TPSA) is 237 Å². The van der Waals surface area contributed by atoms with Crippen LogP contribution >= 0.6 is 15.6 Å². The Hall–Kier alpha value is -1.94. The lowest BCUT2D eigenvalue weighted by molar-refractivity contribution is -0.161. The number of ether oxygens (including phenoxy) is 4. The van der Waals surface area contributed by atoms with E-state index in [4.69, 9.17) is 37.0 Å². The molecule has 0 aliphatic rings. The van der Waals surface area contributed by atoms with Crippen molar-refractivity contribution < 1.29 is 80.2 Å². The van der Waals surface area contributed by atoms with Crippen LogP contribution in [0.15, 0.2) is 0 Å². The molecule has 19 heteroatoms. The van der Waals surface area contributed by atoms with Crippen molar-refractivity contribution >= 4 is 39.5 Å². The Kier molecular flexibility index (Phi) is 72.8. The summed E-state index contributed by atoms with van der Waals surface area (Å²) >= 11 is 0. The summed E-state index contributed by atoms with van der Waals surface area (Å²) < 4.78 is 68.8. The van der Waals surface area contributed by atoms with Gasteiger partial charge in [0.25, 0.3) is 0 Å². The van der Waals surface area contributed by atoms with Crippen LogP contribution in [-0.4, -0.2) is 96.7 Å². The highest BCUT2D eigenvalue weighted by molar-refractivity contribution is 7.47. The lowest BCUT2D eigenvalue weighted by Crippen LogP contribution is -2.30. The average molecular weight is 1510 g/mol. The molecule has 0 saturated heterocycles. The molecule has 0 aromatic heterocycles. The van der Waals surface area contributed by atoms with E-state index in [1.54, 1.807) is 0 Å². The number of unbranched alkanes of at least 4 members (excludes halogenated alkanes) is 49. The Morgan fingerprint density at radius 2 is 0.495 bits per heavy atom. The van der Waals surface area contributed by atoms with Gasteiger partial charge in [-0.3, -0.25) is 37.3 Å². The number of phosphoric acid groups is 2. The molecule has 0 rings (SSSR count). The molecule has 0 saturated carbocycles. The molecule has 17 nitrogen and oxygen atoms in total. The summed E-state index contributed by atoms with van der Waals surface area (Å²) in [4.78, 5) is 73.1. The molecule has 0 spiro atoms. The van der Waals surface area contributed by atoms with Crippen LogP contribution in [0, 0.1) is 17.8 Å². The number of carbonyl (C=O) groups excluding carboxylic acids is 4. The molecule has 612 valence electrons. The van der Waals surface area contributed by atoms with E-state index in [0.29, 0.717) is 25.7 Å². The monoisotopic (exact) mass is 1510 g/mol. The molecule has 0 aromatic carbocycles. The van der Waals surface area contributed by atoms with Crippen molar-refractivity contribution in [3.63, 3.8) is 0 Å². The molecule has 0 aromatic rings.